The van der Waals surface area contributed by atoms with E-state index in [2.05, 4.69) is 26.1 Å². The van der Waals surface area contributed by atoms with E-state index in [1.54, 1.807) is 4.31 Å². The Hall–Kier alpha value is -0.130. The SMILES string of the molecule is CC(C)(C)NCCCC1CCCN(S(C)(=O)=O)C1. The van der Waals surface area contributed by atoms with Gasteiger partial charge in [-0.3, -0.25) is 0 Å². The van der Waals surface area contributed by atoms with Crippen LogP contribution in [-0.4, -0.2) is 44.2 Å². The zero-order valence-corrected chi connectivity index (χ0v) is 13.0. The third-order valence-electron chi connectivity index (χ3n) is 3.40. The molecular weight excluding hydrogens is 248 g/mol. The van der Waals surface area contributed by atoms with Gasteiger partial charge < -0.3 is 5.32 Å². The van der Waals surface area contributed by atoms with Gasteiger partial charge in [0, 0.05) is 18.6 Å². The molecule has 0 radical (unpaired) electrons. The smallest absolute Gasteiger partial charge is 0.211 e. The van der Waals surface area contributed by atoms with Crippen LogP contribution in [-0.2, 0) is 10.0 Å². The van der Waals surface area contributed by atoms with Gasteiger partial charge in [-0.15, -0.1) is 0 Å². The monoisotopic (exact) mass is 276 g/mol. The van der Waals surface area contributed by atoms with Crippen molar-refractivity contribution < 1.29 is 8.42 Å². The average molecular weight is 276 g/mol. The van der Waals surface area contributed by atoms with Crippen LogP contribution in [0, 0.1) is 5.92 Å². The largest absolute Gasteiger partial charge is 0.312 e. The second-order valence-corrected chi connectivity index (χ2v) is 8.43. The first kappa shape index (κ1) is 15.9. The first-order chi connectivity index (χ1) is 8.18. The van der Waals surface area contributed by atoms with Gasteiger partial charge in [-0.2, -0.15) is 0 Å². The van der Waals surface area contributed by atoms with Gasteiger partial charge in [0.05, 0.1) is 6.26 Å². The summed E-state index contributed by atoms with van der Waals surface area (Å²) in [5.74, 6) is 0.537. The highest BCUT2D eigenvalue weighted by atomic mass is 32.2. The third-order valence-corrected chi connectivity index (χ3v) is 4.66. The van der Waals surface area contributed by atoms with Crippen molar-refractivity contribution in [1.82, 2.24) is 9.62 Å². The Kier molecular flexibility index (Phi) is 5.62. The highest BCUT2D eigenvalue weighted by Crippen LogP contribution is 2.22. The Bertz CT molecular complexity index is 346. The lowest BCUT2D eigenvalue weighted by atomic mass is 9.94. The Morgan fingerprint density at radius 2 is 2.00 bits per heavy atom. The molecule has 1 aliphatic rings. The van der Waals surface area contributed by atoms with Crippen LogP contribution in [0.4, 0.5) is 0 Å². The summed E-state index contributed by atoms with van der Waals surface area (Å²) < 4.78 is 24.7. The predicted molar refractivity (Wildman–Crippen MR) is 76.1 cm³/mol. The summed E-state index contributed by atoms with van der Waals surface area (Å²) in [7, 11) is -2.99. The van der Waals surface area contributed by atoms with Gasteiger partial charge in [0.2, 0.25) is 10.0 Å². The minimum absolute atomic E-state index is 0.172. The van der Waals surface area contributed by atoms with E-state index in [4.69, 9.17) is 0 Å². The summed E-state index contributed by atoms with van der Waals surface area (Å²) in [5, 5.41) is 3.47. The highest BCUT2D eigenvalue weighted by molar-refractivity contribution is 7.88. The normalized spacial score (nSPS) is 23.2. The second kappa shape index (κ2) is 6.35. The van der Waals surface area contributed by atoms with Crippen molar-refractivity contribution in [2.45, 2.75) is 52.0 Å². The Labute approximate surface area is 112 Å². The molecule has 1 atom stereocenters. The lowest BCUT2D eigenvalue weighted by Gasteiger charge is -2.31. The number of sulfonamides is 1. The lowest BCUT2D eigenvalue weighted by molar-refractivity contribution is 0.251. The maximum Gasteiger partial charge on any atom is 0.211 e. The second-order valence-electron chi connectivity index (χ2n) is 6.45. The van der Waals surface area contributed by atoms with E-state index in [-0.39, 0.29) is 5.54 Å². The Morgan fingerprint density at radius 1 is 1.33 bits per heavy atom. The van der Waals surface area contributed by atoms with Crippen LogP contribution in [0.1, 0.15) is 46.5 Å². The van der Waals surface area contributed by atoms with Crippen LogP contribution in [0.25, 0.3) is 0 Å². The molecule has 1 fully saturated rings. The molecule has 0 aromatic carbocycles. The van der Waals surface area contributed by atoms with Crippen molar-refractivity contribution in [3.63, 3.8) is 0 Å². The van der Waals surface area contributed by atoms with Crippen LogP contribution in [0.2, 0.25) is 0 Å². The van der Waals surface area contributed by atoms with Gasteiger partial charge >= 0.3 is 0 Å². The van der Waals surface area contributed by atoms with Crippen LogP contribution < -0.4 is 5.32 Å². The number of rotatable bonds is 5. The molecule has 1 saturated heterocycles. The highest BCUT2D eigenvalue weighted by Gasteiger charge is 2.25. The van der Waals surface area contributed by atoms with Crippen molar-refractivity contribution in [1.29, 1.82) is 0 Å². The van der Waals surface area contributed by atoms with Gasteiger partial charge in [0.25, 0.3) is 0 Å². The molecule has 5 heteroatoms. The van der Waals surface area contributed by atoms with Gasteiger partial charge in [-0.05, 0) is 58.9 Å². The first-order valence-corrected chi connectivity index (χ1v) is 8.73. The minimum atomic E-state index is -2.99. The standard InChI is InChI=1S/C13H28N2O2S/c1-13(2,3)14-9-5-7-12-8-6-10-15(11-12)18(4,16)17/h12,14H,5-11H2,1-4H3. The molecular formula is C13H28N2O2S. The third kappa shape index (κ3) is 6.16. The molecule has 0 aliphatic carbocycles. The fourth-order valence-electron chi connectivity index (χ4n) is 2.42. The van der Waals surface area contributed by atoms with Crippen molar-refractivity contribution >= 4 is 10.0 Å². The summed E-state index contributed by atoms with van der Waals surface area (Å²) in [6, 6.07) is 0. The molecule has 0 spiro atoms. The molecule has 0 amide bonds. The van der Waals surface area contributed by atoms with Crippen molar-refractivity contribution in [3.8, 4) is 0 Å². The minimum Gasteiger partial charge on any atom is -0.312 e. The average Bonchev–Trinajstić information content (AvgIpc) is 2.22. The van der Waals surface area contributed by atoms with E-state index in [0.717, 1.165) is 25.8 Å². The molecule has 18 heavy (non-hydrogen) atoms. The summed E-state index contributed by atoms with van der Waals surface area (Å²) in [6.07, 6.45) is 5.73. The first-order valence-electron chi connectivity index (χ1n) is 6.88. The molecule has 1 aliphatic heterocycles. The van der Waals surface area contributed by atoms with E-state index >= 15 is 0 Å². The van der Waals surface area contributed by atoms with E-state index in [0.29, 0.717) is 19.0 Å². The molecule has 1 N–H and O–H groups in total. The van der Waals surface area contributed by atoms with Crippen molar-refractivity contribution in [2.75, 3.05) is 25.9 Å². The fraction of sp³-hybridized carbons (Fsp3) is 1.00. The maximum atomic E-state index is 11.5. The van der Waals surface area contributed by atoms with Crippen LogP contribution in [0.3, 0.4) is 0 Å². The predicted octanol–water partition coefficient (Wildman–Crippen LogP) is 1.83. The van der Waals surface area contributed by atoms with Gasteiger partial charge in [-0.25, -0.2) is 12.7 Å². The van der Waals surface area contributed by atoms with Gasteiger partial charge in [0.1, 0.15) is 0 Å². The van der Waals surface area contributed by atoms with E-state index < -0.39 is 10.0 Å². The topological polar surface area (TPSA) is 49.4 Å². The lowest BCUT2D eigenvalue weighted by Crippen LogP contribution is -2.40. The van der Waals surface area contributed by atoms with Crippen molar-refractivity contribution in [2.24, 2.45) is 5.92 Å². The summed E-state index contributed by atoms with van der Waals surface area (Å²) in [4.78, 5) is 0. The maximum absolute atomic E-state index is 11.5. The zero-order valence-electron chi connectivity index (χ0n) is 12.2. The molecule has 0 aromatic rings. The van der Waals surface area contributed by atoms with E-state index in [1.165, 1.54) is 12.7 Å². The fourth-order valence-corrected chi connectivity index (χ4v) is 3.36. The molecule has 0 saturated carbocycles. The Balaban J connectivity index is 2.27. The molecule has 108 valence electrons. The number of hydrogen-bond acceptors (Lipinski definition) is 3. The number of hydrogen-bond donors (Lipinski definition) is 1. The van der Waals surface area contributed by atoms with Crippen molar-refractivity contribution in [3.05, 3.63) is 0 Å². The van der Waals surface area contributed by atoms with Gasteiger partial charge in [0.15, 0.2) is 0 Å². The van der Waals surface area contributed by atoms with Gasteiger partial charge in [-0.1, -0.05) is 0 Å². The van der Waals surface area contributed by atoms with Crippen LogP contribution in [0.15, 0.2) is 0 Å². The number of nitrogens with one attached hydrogen (secondary N) is 1. The van der Waals surface area contributed by atoms with Crippen LogP contribution in [0.5, 0.6) is 0 Å². The van der Waals surface area contributed by atoms with E-state index in [9.17, 15) is 8.42 Å². The summed E-state index contributed by atoms with van der Waals surface area (Å²) in [5.41, 5.74) is 0.172. The Morgan fingerprint density at radius 3 is 2.56 bits per heavy atom. The molecule has 4 nitrogen and oxygen atoms in total. The summed E-state index contributed by atoms with van der Waals surface area (Å²) in [6.45, 7) is 8.93. The summed E-state index contributed by atoms with van der Waals surface area (Å²) >= 11 is 0. The molecule has 0 aromatic heterocycles. The molecule has 1 rings (SSSR count). The zero-order chi connectivity index (χ0) is 13.8. The van der Waals surface area contributed by atoms with Crippen LogP contribution >= 0.6 is 0 Å². The quantitative estimate of drug-likeness (QED) is 0.779. The number of piperidine rings is 1. The molecule has 0 bridgehead atoms. The number of nitrogens with zero attached hydrogens (tertiary/aromatic N) is 1. The van der Waals surface area contributed by atoms with E-state index in [1.807, 2.05) is 0 Å². The molecule has 1 heterocycles. The molecule has 1 unspecified atom stereocenters.